The molecule has 1 N–H and O–H groups in total. The molecule has 10 nitrogen and oxygen atoms in total. The van der Waals surface area contributed by atoms with Gasteiger partial charge in [0.05, 0.1) is 6.61 Å². The van der Waals surface area contributed by atoms with E-state index in [9.17, 15) is 18.5 Å². The number of amides is 1. The van der Waals surface area contributed by atoms with Crippen molar-refractivity contribution in [2.75, 3.05) is 31.4 Å². The molecule has 1 heterocycles. The van der Waals surface area contributed by atoms with Gasteiger partial charge < -0.3 is 14.2 Å². The molecule has 0 aliphatic carbocycles. The van der Waals surface area contributed by atoms with Crippen LogP contribution < -0.4 is 19.5 Å². The summed E-state index contributed by atoms with van der Waals surface area (Å²) in [7, 11) is -3.61. The summed E-state index contributed by atoms with van der Waals surface area (Å²) in [6.07, 6.45) is 2.34. The van der Waals surface area contributed by atoms with Crippen LogP contribution in [0.4, 0.5) is 5.13 Å². The van der Waals surface area contributed by atoms with Crippen LogP contribution in [0, 0.1) is 25.2 Å². The van der Waals surface area contributed by atoms with Crippen LogP contribution in [0.25, 0.3) is 6.08 Å². The van der Waals surface area contributed by atoms with Crippen LogP contribution in [-0.4, -0.2) is 49.8 Å². The molecule has 0 saturated heterocycles. The SMILES string of the molecule is CCOc1cc(C=C(C#N)C(=O)Nc2nc(S(C)(=O)=O)ns2)ccc1OCCOc1ccc(C)c(C)c1. The van der Waals surface area contributed by atoms with Crippen molar-refractivity contribution in [1.82, 2.24) is 9.36 Å². The molecule has 1 amide bonds. The Morgan fingerprint density at radius 2 is 1.84 bits per heavy atom. The Kier molecular flexibility index (Phi) is 9.21. The van der Waals surface area contributed by atoms with Crippen molar-refractivity contribution in [3.63, 3.8) is 0 Å². The maximum atomic E-state index is 12.5. The lowest BCUT2D eigenvalue weighted by atomic mass is 10.1. The molecule has 0 spiro atoms. The molecule has 1 aromatic heterocycles. The van der Waals surface area contributed by atoms with E-state index in [1.165, 1.54) is 11.6 Å². The second kappa shape index (κ2) is 12.3. The summed E-state index contributed by atoms with van der Waals surface area (Å²) < 4.78 is 44.0. The van der Waals surface area contributed by atoms with Crippen LogP contribution in [0.3, 0.4) is 0 Å². The quantitative estimate of drug-likeness (QED) is 0.216. The Hall–Kier alpha value is -3.95. The van der Waals surface area contributed by atoms with Crippen molar-refractivity contribution in [1.29, 1.82) is 5.26 Å². The number of hydrogen-bond donors (Lipinski definition) is 1. The lowest BCUT2D eigenvalue weighted by Crippen LogP contribution is -2.13. The molecule has 3 aromatic rings. The van der Waals surface area contributed by atoms with Gasteiger partial charge in [0.25, 0.3) is 11.1 Å². The van der Waals surface area contributed by atoms with E-state index < -0.39 is 20.9 Å². The minimum atomic E-state index is -3.61. The third-order valence-corrected chi connectivity index (χ3v) is 6.58. The molecule has 3 rings (SSSR count). The van der Waals surface area contributed by atoms with E-state index in [1.807, 2.05) is 45.0 Å². The number of carbonyl (C=O) groups is 1. The Labute approximate surface area is 219 Å². The Balaban J connectivity index is 1.67. The molecule has 0 saturated carbocycles. The number of benzene rings is 2. The molecule has 12 heteroatoms. The Bertz CT molecular complexity index is 1460. The average Bonchev–Trinajstić information content (AvgIpc) is 3.32. The van der Waals surface area contributed by atoms with Gasteiger partial charge in [0.15, 0.2) is 11.5 Å². The number of nitrogens with zero attached hydrogens (tertiary/aromatic N) is 3. The van der Waals surface area contributed by atoms with E-state index >= 15 is 0 Å². The van der Waals surface area contributed by atoms with Gasteiger partial charge in [-0.25, -0.2) is 8.42 Å². The summed E-state index contributed by atoms with van der Waals surface area (Å²) >= 11 is 0.703. The van der Waals surface area contributed by atoms with E-state index in [-0.39, 0.29) is 17.3 Å². The van der Waals surface area contributed by atoms with E-state index in [2.05, 4.69) is 14.7 Å². The average molecular weight is 543 g/mol. The van der Waals surface area contributed by atoms with Gasteiger partial charge in [0.2, 0.25) is 15.0 Å². The number of aryl methyl sites for hydroxylation is 2. The molecule has 0 aliphatic heterocycles. The monoisotopic (exact) mass is 542 g/mol. The number of nitriles is 1. The van der Waals surface area contributed by atoms with Crippen LogP contribution >= 0.6 is 11.5 Å². The van der Waals surface area contributed by atoms with Gasteiger partial charge in [-0.2, -0.15) is 14.6 Å². The number of hydrogen-bond acceptors (Lipinski definition) is 10. The second-order valence-corrected chi connectivity index (χ2v) is 10.5. The highest BCUT2D eigenvalue weighted by molar-refractivity contribution is 7.90. The molecule has 194 valence electrons. The summed E-state index contributed by atoms with van der Waals surface area (Å²) in [6, 6.07) is 12.7. The predicted octanol–water partition coefficient (Wildman–Crippen LogP) is 3.96. The first-order valence-corrected chi connectivity index (χ1v) is 13.8. The lowest BCUT2D eigenvalue weighted by molar-refractivity contribution is -0.112. The molecule has 0 fully saturated rings. The standard InChI is InChI=1S/C25H26N4O6S2/c1-5-33-22-14-18(7-9-21(22)35-11-10-34-20-8-6-16(2)17(3)12-20)13-19(15-26)23(30)27-24-28-25(29-36-24)37(4,31)32/h6-9,12-14H,5,10-11H2,1-4H3,(H,27,28,29,30). The number of anilines is 1. The number of nitrogens with one attached hydrogen (secondary N) is 1. The zero-order chi connectivity index (χ0) is 27.0. The fraction of sp³-hybridized carbons (Fsp3) is 0.280. The highest BCUT2D eigenvalue weighted by Crippen LogP contribution is 2.29. The van der Waals surface area contributed by atoms with Crippen LogP contribution in [0.2, 0.25) is 0 Å². The van der Waals surface area contributed by atoms with Gasteiger partial charge in [0, 0.05) is 17.8 Å². The first-order valence-electron chi connectivity index (χ1n) is 11.2. The van der Waals surface area contributed by atoms with Gasteiger partial charge in [-0.3, -0.25) is 10.1 Å². The van der Waals surface area contributed by atoms with Crippen molar-refractivity contribution in [2.45, 2.75) is 25.9 Å². The van der Waals surface area contributed by atoms with Gasteiger partial charge in [-0.05, 0) is 67.8 Å². The highest BCUT2D eigenvalue weighted by Gasteiger charge is 2.18. The summed E-state index contributed by atoms with van der Waals surface area (Å²) in [5.74, 6) is 0.955. The maximum Gasteiger partial charge on any atom is 0.268 e. The molecule has 0 bridgehead atoms. The number of ether oxygens (including phenoxy) is 3. The predicted molar refractivity (Wildman–Crippen MR) is 140 cm³/mol. The van der Waals surface area contributed by atoms with Crippen molar-refractivity contribution in [3.05, 3.63) is 58.7 Å². The second-order valence-electron chi connectivity index (χ2n) is 7.86. The largest absolute Gasteiger partial charge is 0.490 e. The van der Waals surface area contributed by atoms with Crippen molar-refractivity contribution >= 4 is 38.5 Å². The van der Waals surface area contributed by atoms with Crippen LogP contribution in [0.15, 0.2) is 47.1 Å². The molecule has 0 atom stereocenters. The molecule has 37 heavy (non-hydrogen) atoms. The Morgan fingerprint density at radius 3 is 2.49 bits per heavy atom. The zero-order valence-electron chi connectivity index (χ0n) is 20.8. The molecule has 2 aromatic carbocycles. The minimum absolute atomic E-state index is 0.0339. The number of aromatic nitrogens is 2. The van der Waals surface area contributed by atoms with Crippen molar-refractivity contribution in [3.8, 4) is 23.3 Å². The first kappa shape index (κ1) is 27.6. The fourth-order valence-corrected chi connectivity index (χ4v) is 4.45. The lowest BCUT2D eigenvalue weighted by Gasteiger charge is -2.13. The first-order chi connectivity index (χ1) is 17.6. The number of rotatable bonds is 11. The summed E-state index contributed by atoms with van der Waals surface area (Å²) in [5, 5.41) is 11.5. The smallest absolute Gasteiger partial charge is 0.268 e. The van der Waals surface area contributed by atoms with Crippen LogP contribution in [-0.2, 0) is 14.6 Å². The summed E-state index contributed by atoms with van der Waals surface area (Å²) in [5.41, 5.74) is 2.66. The fourth-order valence-electron chi connectivity index (χ4n) is 3.01. The van der Waals surface area contributed by atoms with Crippen LogP contribution in [0.5, 0.6) is 17.2 Å². The summed E-state index contributed by atoms with van der Waals surface area (Å²) in [6.45, 7) is 6.89. The van der Waals surface area contributed by atoms with Gasteiger partial charge >= 0.3 is 0 Å². The molecule has 0 aliphatic rings. The van der Waals surface area contributed by atoms with E-state index in [0.717, 1.165) is 17.6 Å². The van der Waals surface area contributed by atoms with Crippen LogP contribution in [0.1, 0.15) is 23.6 Å². The topological polar surface area (TPSA) is 140 Å². The van der Waals surface area contributed by atoms with Gasteiger partial charge in [-0.1, -0.05) is 12.1 Å². The van der Waals surface area contributed by atoms with E-state index in [1.54, 1.807) is 18.2 Å². The van der Waals surface area contributed by atoms with Crippen molar-refractivity contribution in [2.24, 2.45) is 0 Å². The zero-order valence-corrected chi connectivity index (χ0v) is 22.4. The maximum absolute atomic E-state index is 12.5. The van der Waals surface area contributed by atoms with Gasteiger partial charge in [-0.15, -0.1) is 0 Å². The van der Waals surface area contributed by atoms with E-state index in [0.29, 0.717) is 41.8 Å². The molecular formula is C25H26N4O6S2. The van der Waals surface area contributed by atoms with Gasteiger partial charge in [0.1, 0.15) is 30.6 Å². The normalized spacial score (nSPS) is 11.5. The third kappa shape index (κ3) is 7.77. The number of sulfone groups is 1. The highest BCUT2D eigenvalue weighted by atomic mass is 32.2. The third-order valence-electron chi connectivity index (χ3n) is 4.99. The molecular weight excluding hydrogens is 516 g/mol. The summed E-state index contributed by atoms with van der Waals surface area (Å²) in [4.78, 5) is 16.3. The molecule has 0 unspecified atom stereocenters. The van der Waals surface area contributed by atoms with E-state index in [4.69, 9.17) is 14.2 Å². The van der Waals surface area contributed by atoms with Crippen molar-refractivity contribution < 1.29 is 27.4 Å². The molecule has 0 radical (unpaired) electrons. The Morgan fingerprint density at radius 1 is 1.08 bits per heavy atom. The number of carbonyl (C=O) groups excluding carboxylic acids is 1. The minimum Gasteiger partial charge on any atom is -0.490 e.